The van der Waals surface area contributed by atoms with Crippen molar-refractivity contribution in [2.45, 2.75) is 65.2 Å². The standard InChI is InChI=1S/C25H32N2O4/c1-7-24(3,4)16-9-12-20(18(13-16)25(5,6)8-2)30-15-22(28)26-17-10-11-19-21(14-17)31-23(29)27-19/h9-14H,7-8,15H2,1-6H3,(H,26,28)(H,27,29). The molecule has 0 spiro atoms. The first-order chi connectivity index (χ1) is 14.6. The minimum atomic E-state index is -0.525. The first-order valence-corrected chi connectivity index (χ1v) is 10.8. The molecule has 0 bridgehead atoms. The highest BCUT2D eigenvalue weighted by Gasteiger charge is 2.26. The van der Waals surface area contributed by atoms with Crippen LogP contribution in [0.2, 0.25) is 0 Å². The Bertz CT molecular complexity index is 1140. The maximum absolute atomic E-state index is 12.5. The molecule has 2 aromatic carbocycles. The third-order valence-corrected chi connectivity index (χ3v) is 6.32. The molecule has 1 heterocycles. The molecule has 6 heteroatoms. The zero-order valence-electron chi connectivity index (χ0n) is 19.2. The van der Waals surface area contributed by atoms with Gasteiger partial charge in [-0.25, -0.2) is 4.79 Å². The van der Waals surface area contributed by atoms with Crippen LogP contribution in [0.4, 0.5) is 5.69 Å². The van der Waals surface area contributed by atoms with E-state index < -0.39 is 5.76 Å². The van der Waals surface area contributed by atoms with Crippen molar-refractivity contribution in [2.24, 2.45) is 0 Å². The summed E-state index contributed by atoms with van der Waals surface area (Å²) in [5.41, 5.74) is 3.88. The Hall–Kier alpha value is -3.02. The number of aromatic nitrogens is 1. The smallest absolute Gasteiger partial charge is 0.417 e. The number of benzene rings is 2. The summed E-state index contributed by atoms with van der Waals surface area (Å²) in [6.45, 7) is 13.1. The van der Waals surface area contributed by atoms with E-state index in [-0.39, 0.29) is 23.3 Å². The number of oxazole rings is 1. The van der Waals surface area contributed by atoms with Crippen LogP contribution in [-0.4, -0.2) is 17.5 Å². The van der Waals surface area contributed by atoms with Crippen LogP contribution in [0.15, 0.2) is 45.6 Å². The summed E-state index contributed by atoms with van der Waals surface area (Å²) < 4.78 is 11.0. The predicted octanol–water partition coefficient (Wildman–Crippen LogP) is 5.51. The molecule has 0 saturated heterocycles. The molecule has 3 rings (SSSR count). The number of ether oxygens (including phenoxy) is 1. The number of carbonyl (C=O) groups excluding carboxylic acids is 1. The number of rotatable bonds is 8. The van der Waals surface area contributed by atoms with Gasteiger partial charge in [0.25, 0.3) is 5.91 Å². The number of fused-ring (bicyclic) bond motifs is 1. The van der Waals surface area contributed by atoms with Gasteiger partial charge in [-0.1, -0.05) is 53.7 Å². The molecule has 0 aliphatic rings. The molecule has 0 fully saturated rings. The van der Waals surface area contributed by atoms with Crippen LogP contribution in [0.3, 0.4) is 0 Å². The Morgan fingerprint density at radius 2 is 1.74 bits per heavy atom. The fourth-order valence-corrected chi connectivity index (χ4v) is 3.36. The Morgan fingerprint density at radius 3 is 2.42 bits per heavy atom. The number of hydrogen-bond acceptors (Lipinski definition) is 4. The summed E-state index contributed by atoms with van der Waals surface area (Å²) in [4.78, 5) is 26.4. The quantitative estimate of drug-likeness (QED) is 0.499. The molecular weight excluding hydrogens is 392 g/mol. The molecule has 0 atom stereocenters. The molecule has 0 saturated carbocycles. The fraction of sp³-hybridized carbons (Fsp3) is 0.440. The van der Waals surface area contributed by atoms with Crippen LogP contribution in [0.25, 0.3) is 11.1 Å². The van der Waals surface area contributed by atoms with Gasteiger partial charge >= 0.3 is 5.76 Å². The summed E-state index contributed by atoms with van der Waals surface area (Å²) in [6, 6.07) is 11.3. The fourth-order valence-electron chi connectivity index (χ4n) is 3.36. The molecule has 1 amide bonds. The van der Waals surface area contributed by atoms with E-state index in [0.29, 0.717) is 16.8 Å². The molecule has 1 aromatic heterocycles. The van der Waals surface area contributed by atoms with E-state index in [0.717, 1.165) is 24.2 Å². The lowest BCUT2D eigenvalue weighted by atomic mass is 9.76. The molecular formula is C25H32N2O4. The number of nitrogens with one attached hydrogen (secondary N) is 2. The second kappa shape index (κ2) is 8.61. The topological polar surface area (TPSA) is 84.3 Å². The Labute approximate surface area is 183 Å². The summed E-state index contributed by atoms with van der Waals surface area (Å²) in [5.74, 6) is -0.0808. The number of hydrogen-bond donors (Lipinski definition) is 2. The lowest BCUT2D eigenvalue weighted by Crippen LogP contribution is -2.24. The van der Waals surface area contributed by atoms with Gasteiger partial charge in [0.2, 0.25) is 0 Å². The summed E-state index contributed by atoms with van der Waals surface area (Å²) in [5, 5.41) is 2.79. The lowest BCUT2D eigenvalue weighted by Gasteiger charge is -2.30. The summed E-state index contributed by atoms with van der Waals surface area (Å²) in [6.07, 6.45) is 1.99. The lowest BCUT2D eigenvalue weighted by molar-refractivity contribution is -0.118. The Morgan fingerprint density at radius 1 is 1.03 bits per heavy atom. The molecule has 3 aromatic rings. The second-order valence-electron chi connectivity index (χ2n) is 9.25. The van der Waals surface area contributed by atoms with Gasteiger partial charge in [-0.15, -0.1) is 0 Å². The number of anilines is 1. The van der Waals surface area contributed by atoms with Crippen molar-refractivity contribution in [3.63, 3.8) is 0 Å². The van der Waals surface area contributed by atoms with E-state index >= 15 is 0 Å². The molecule has 0 aliphatic carbocycles. The molecule has 166 valence electrons. The highest BCUT2D eigenvalue weighted by Crippen LogP contribution is 2.38. The maximum Gasteiger partial charge on any atom is 0.417 e. The van der Waals surface area contributed by atoms with Gasteiger partial charge in [0.1, 0.15) is 5.75 Å². The minimum Gasteiger partial charge on any atom is -0.483 e. The van der Waals surface area contributed by atoms with Gasteiger partial charge in [0, 0.05) is 17.3 Å². The molecule has 6 nitrogen and oxygen atoms in total. The van der Waals surface area contributed by atoms with E-state index in [1.54, 1.807) is 18.2 Å². The molecule has 2 N–H and O–H groups in total. The van der Waals surface area contributed by atoms with Crippen molar-refractivity contribution >= 4 is 22.7 Å². The number of aromatic amines is 1. The zero-order valence-corrected chi connectivity index (χ0v) is 19.2. The third-order valence-electron chi connectivity index (χ3n) is 6.32. The highest BCUT2D eigenvalue weighted by molar-refractivity contribution is 5.93. The van der Waals surface area contributed by atoms with E-state index in [9.17, 15) is 9.59 Å². The van der Waals surface area contributed by atoms with Gasteiger partial charge < -0.3 is 14.5 Å². The van der Waals surface area contributed by atoms with Crippen LogP contribution in [0, 0.1) is 0 Å². The highest BCUT2D eigenvalue weighted by atomic mass is 16.5. The monoisotopic (exact) mass is 424 g/mol. The van der Waals surface area contributed by atoms with Crippen LogP contribution in [0.1, 0.15) is 65.5 Å². The van der Waals surface area contributed by atoms with Gasteiger partial charge in [0.05, 0.1) is 5.52 Å². The maximum atomic E-state index is 12.5. The van der Waals surface area contributed by atoms with Crippen molar-refractivity contribution < 1.29 is 13.9 Å². The number of carbonyl (C=O) groups is 1. The van der Waals surface area contributed by atoms with Crippen LogP contribution < -0.4 is 15.8 Å². The van der Waals surface area contributed by atoms with Crippen molar-refractivity contribution in [3.05, 3.63) is 58.1 Å². The number of H-pyrrole nitrogens is 1. The zero-order chi connectivity index (χ0) is 22.8. The molecule has 0 radical (unpaired) electrons. The van der Waals surface area contributed by atoms with Gasteiger partial charge in [-0.05, 0) is 47.4 Å². The van der Waals surface area contributed by atoms with E-state index in [1.165, 1.54) is 5.56 Å². The van der Waals surface area contributed by atoms with E-state index in [2.05, 4.69) is 64.0 Å². The van der Waals surface area contributed by atoms with Crippen LogP contribution >= 0.6 is 0 Å². The van der Waals surface area contributed by atoms with Crippen LogP contribution in [0.5, 0.6) is 5.75 Å². The van der Waals surface area contributed by atoms with Gasteiger partial charge in [-0.3, -0.25) is 9.78 Å². The Balaban J connectivity index is 1.77. The van der Waals surface area contributed by atoms with Crippen molar-refractivity contribution in [2.75, 3.05) is 11.9 Å². The normalized spacial score (nSPS) is 12.2. The van der Waals surface area contributed by atoms with Crippen LogP contribution in [-0.2, 0) is 15.6 Å². The second-order valence-corrected chi connectivity index (χ2v) is 9.25. The average molecular weight is 425 g/mol. The first kappa shape index (κ1) is 22.7. The average Bonchev–Trinajstić information content (AvgIpc) is 3.11. The van der Waals surface area contributed by atoms with Crippen molar-refractivity contribution in [3.8, 4) is 5.75 Å². The number of amides is 1. The summed E-state index contributed by atoms with van der Waals surface area (Å²) in [7, 11) is 0. The van der Waals surface area contributed by atoms with Gasteiger partial charge in [-0.2, -0.15) is 0 Å². The molecule has 31 heavy (non-hydrogen) atoms. The summed E-state index contributed by atoms with van der Waals surface area (Å²) >= 11 is 0. The molecule has 0 unspecified atom stereocenters. The SMILES string of the molecule is CCC(C)(C)c1ccc(OCC(=O)Nc2ccc3[nH]c(=O)oc3c2)c(C(C)(C)CC)c1. The molecule has 0 aliphatic heterocycles. The third kappa shape index (κ3) is 5.01. The van der Waals surface area contributed by atoms with Crippen molar-refractivity contribution in [1.29, 1.82) is 0 Å². The minimum absolute atomic E-state index is 0.0698. The predicted molar refractivity (Wildman–Crippen MR) is 124 cm³/mol. The largest absolute Gasteiger partial charge is 0.483 e. The van der Waals surface area contributed by atoms with E-state index in [1.807, 2.05) is 6.07 Å². The Kier molecular flexibility index (Phi) is 6.30. The van der Waals surface area contributed by atoms with Crippen molar-refractivity contribution in [1.82, 2.24) is 4.98 Å². The first-order valence-electron chi connectivity index (χ1n) is 10.8. The van der Waals surface area contributed by atoms with E-state index in [4.69, 9.17) is 9.15 Å². The van der Waals surface area contributed by atoms with Gasteiger partial charge in [0.15, 0.2) is 12.2 Å².